The quantitative estimate of drug-likeness (QED) is 0.406. The highest BCUT2D eigenvalue weighted by atomic mass is 15.2. The van der Waals surface area contributed by atoms with Crippen molar-refractivity contribution in [2.24, 2.45) is 0 Å². The third kappa shape index (κ3) is 4.68. The summed E-state index contributed by atoms with van der Waals surface area (Å²) < 4.78 is 2.01. The van der Waals surface area contributed by atoms with E-state index in [9.17, 15) is 0 Å². The number of likely N-dealkylation sites (tertiary alicyclic amines) is 1. The van der Waals surface area contributed by atoms with E-state index < -0.39 is 0 Å². The van der Waals surface area contributed by atoms with Crippen LogP contribution >= 0.6 is 0 Å². The highest BCUT2D eigenvalue weighted by Gasteiger charge is 2.22. The molecule has 33 heavy (non-hydrogen) atoms. The van der Waals surface area contributed by atoms with E-state index in [1.165, 1.54) is 24.9 Å². The van der Waals surface area contributed by atoms with Crippen molar-refractivity contribution in [3.05, 3.63) is 72.7 Å². The van der Waals surface area contributed by atoms with Gasteiger partial charge in [-0.3, -0.25) is 9.47 Å². The molecule has 0 bridgehead atoms. The van der Waals surface area contributed by atoms with E-state index in [2.05, 4.69) is 69.7 Å². The molecule has 4 aromatic rings. The van der Waals surface area contributed by atoms with Gasteiger partial charge in [0.25, 0.3) is 0 Å². The molecule has 5 rings (SSSR count). The summed E-state index contributed by atoms with van der Waals surface area (Å²) in [4.78, 5) is 16.3. The van der Waals surface area contributed by atoms with Crippen LogP contribution in [0.25, 0.3) is 16.9 Å². The van der Waals surface area contributed by atoms with E-state index in [0.717, 1.165) is 35.6 Å². The Balaban J connectivity index is 1.31. The summed E-state index contributed by atoms with van der Waals surface area (Å²) in [5.74, 6) is 1.39. The first kappa shape index (κ1) is 21.4. The molecule has 7 nitrogen and oxygen atoms in total. The van der Waals surface area contributed by atoms with Crippen LogP contribution in [0, 0.1) is 0 Å². The largest absolute Gasteiger partial charge is 0.383 e. The molecule has 170 valence electrons. The molecule has 0 radical (unpaired) electrons. The molecule has 1 aliphatic heterocycles. The zero-order valence-electron chi connectivity index (χ0n) is 19.3. The first-order chi connectivity index (χ1) is 16.2. The minimum absolute atomic E-state index is 0.109. The SMILES string of the molecule is CCN1CCCC1CNc1ccc2c(c1)ncn2-c1ccnc(NC(C)c2ccccc2)n1. The summed E-state index contributed by atoms with van der Waals surface area (Å²) in [6.45, 7) is 7.66. The monoisotopic (exact) mass is 441 g/mol. The average Bonchev–Trinajstić information content (AvgIpc) is 3.49. The molecule has 0 aliphatic carbocycles. The number of nitrogens with zero attached hydrogens (tertiary/aromatic N) is 5. The third-order valence-corrected chi connectivity index (χ3v) is 6.53. The topological polar surface area (TPSA) is 70.9 Å². The predicted octanol–water partition coefficient (Wildman–Crippen LogP) is 4.88. The molecule has 0 amide bonds. The second-order valence-corrected chi connectivity index (χ2v) is 8.64. The molecule has 0 spiro atoms. The van der Waals surface area contributed by atoms with Crippen molar-refractivity contribution in [1.29, 1.82) is 0 Å². The van der Waals surface area contributed by atoms with Gasteiger partial charge in [-0.25, -0.2) is 9.97 Å². The number of aromatic nitrogens is 4. The van der Waals surface area contributed by atoms with Crippen molar-refractivity contribution in [3.8, 4) is 5.82 Å². The minimum Gasteiger partial charge on any atom is -0.383 e. The van der Waals surface area contributed by atoms with Crippen LogP contribution in [0.15, 0.2) is 67.1 Å². The Labute approximate surface area is 194 Å². The molecule has 2 aromatic carbocycles. The van der Waals surface area contributed by atoms with Gasteiger partial charge in [0.1, 0.15) is 12.1 Å². The molecular formula is C26H31N7. The van der Waals surface area contributed by atoms with Crippen molar-refractivity contribution in [1.82, 2.24) is 24.4 Å². The number of fused-ring (bicyclic) bond motifs is 1. The van der Waals surface area contributed by atoms with E-state index >= 15 is 0 Å². The van der Waals surface area contributed by atoms with Crippen molar-refractivity contribution in [2.45, 2.75) is 38.8 Å². The second-order valence-electron chi connectivity index (χ2n) is 8.64. The Morgan fingerprint density at radius 3 is 2.82 bits per heavy atom. The van der Waals surface area contributed by atoms with E-state index in [0.29, 0.717) is 12.0 Å². The van der Waals surface area contributed by atoms with Gasteiger partial charge < -0.3 is 10.6 Å². The number of nitrogens with one attached hydrogen (secondary N) is 2. The molecule has 1 fully saturated rings. The van der Waals surface area contributed by atoms with Crippen molar-refractivity contribution >= 4 is 22.7 Å². The van der Waals surface area contributed by atoms with Gasteiger partial charge in [-0.15, -0.1) is 0 Å². The fraction of sp³-hybridized carbons (Fsp3) is 0.346. The lowest BCUT2D eigenvalue weighted by Gasteiger charge is -2.23. The summed E-state index contributed by atoms with van der Waals surface area (Å²) >= 11 is 0. The van der Waals surface area contributed by atoms with Crippen molar-refractivity contribution < 1.29 is 0 Å². The summed E-state index contributed by atoms with van der Waals surface area (Å²) in [5.41, 5.74) is 4.28. The standard InChI is InChI=1S/C26H31N7/c1-3-32-15-7-10-22(32)17-28-21-11-12-24-23(16-21)29-18-33(24)25-13-14-27-26(31-25)30-19(2)20-8-5-4-6-9-20/h4-6,8-9,11-14,16,18-19,22,28H,3,7,10,15,17H2,1-2H3,(H,27,30,31). The lowest BCUT2D eigenvalue weighted by atomic mass is 10.1. The summed E-state index contributed by atoms with van der Waals surface area (Å²) in [5, 5.41) is 7.01. The van der Waals surface area contributed by atoms with Gasteiger partial charge in [0.2, 0.25) is 5.95 Å². The zero-order valence-corrected chi connectivity index (χ0v) is 19.3. The van der Waals surface area contributed by atoms with Crippen LogP contribution in [-0.2, 0) is 0 Å². The minimum atomic E-state index is 0.109. The van der Waals surface area contributed by atoms with Crippen molar-refractivity contribution in [3.63, 3.8) is 0 Å². The van der Waals surface area contributed by atoms with Gasteiger partial charge >= 0.3 is 0 Å². The fourth-order valence-corrected chi connectivity index (χ4v) is 4.66. The van der Waals surface area contributed by atoms with Gasteiger partial charge in [-0.05, 0) is 62.7 Å². The maximum absolute atomic E-state index is 4.74. The Morgan fingerprint density at radius 1 is 1.09 bits per heavy atom. The maximum atomic E-state index is 4.74. The molecule has 1 aliphatic rings. The number of anilines is 2. The molecule has 7 heteroatoms. The highest BCUT2D eigenvalue weighted by Crippen LogP contribution is 2.23. The van der Waals surface area contributed by atoms with Gasteiger partial charge in [0.05, 0.1) is 17.1 Å². The first-order valence-corrected chi connectivity index (χ1v) is 11.8. The van der Waals surface area contributed by atoms with E-state index in [1.54, 1.807) is 6.20 Å². The fourth-order valence-electron chi connectivity index (χ4n) is 4.66. The zero-order chi connectivity index (χ0) is 22.6. The number of hydrogen-bond acceptors (Lipinski definition) is 6. The Hall–Kier alpha value is -3.45. The number of benzene rings is 2. The normalized spacial score (nSPS) is 17.3. The molecule has 2 N–H and O–H groups in total. The van der Waals surface area contributed by atoms with Crippen LogP contribution in [0.2, 0.25) is 0 Å². The molecule has 0 saturated carbocycles. The molecule has 1 saturated heterocycles. The summed E-state index contributed by atoms with van der Waals surface area (Å²) in [7, 11) is 0. The second kappa shape index (κ2) is 9.58. The van der Waals surface area contributed by atoms with E-state index in [-0.39, 0.29) is 6.04 Å². The molecule has 3 heterocycles. The molecular weight excluding hydrogens is 410 g/mol. The van der Waals surface area contributed by atoms with Crippen LogP contribution < -0.4 is 10.6 Å². The van der Waals surface area contributed by atoms with E-state index in [4.69, 9.17) is 4.98 Å². The van der Waals surface area contributed by atoms with Crippen LogP contribution in [-0.4, -0.2) is 50.1 Å². The molecule has 2 atom stereocenters. The Morgan fingerprint density at radius 2 is 1.97 bits per heavy atom. The van der Waals surface area contributed by atoms with Crippen LogP contribution in [0.4, 0.5) is 11.6 Å². The van der Waals surface area contributed by atoms with E-state index in [1.807, 2.05) is 35.2 Å². The number of imidazole rings is 1. The number of rotatable bonds is 8. The lowest BCUT2D eigenvalue weighted by molar-refractivity contribution is 0.277. The molecule has 2 aromatic heterocycles. The van der Waals surface area contributed by atoms with Gasteiger partial charge in [0.15, 0.2) is 0 Å². The smallest absolute Gasteiger partial charge is 0.225 e. The first-order valence-electron chi connectivity index (χ1n) is 11.8. The van der Waals surface area contributed by atoms with Crippen LogP contribution in [0.3, 0.4) is 0 Å². The molecule has 2 unspecified atom stereocenters. The predicted molar refractivity (Wildman–Crippen MR) is 134 cm³/mol. The number of hydrogen-bond donors (Lipinski definition) is 2. The summed E-state index contributed by atoms with van der Waals surface area (Å²) in [6.07, 6.45) is 6.18. The maximum Gasteiger partial charge on any atom is 0.225 e. The number of likely N-dealkylation sites (N-methyl/N-ethyl adjacent to an activating group) is 1. The average molecular weight is 442 g/mol. The van der Waals surface area contributed by atoms with Crippen molar-refractivity contribution in [2.75, 3.05) is 30.3 Å². The summed E-state index contributed by atoms with van der Waals surface area (Å²) in [6, 6.07) is 19.3. The Bertz CT molecular complexity index is 1200. The van der Waals surface area contributed by atoms with Gasteiger partial charge in [0, 0.05) is 24.5 Å². The Kier molecular flexibility index (Phi) is 6.21. The lowest BCUT2D eigenvalue weighted by Crippen LogP contribution is -2.34. The third-order valence-electron chi connectivity index (χ3n) is 6.53. The van der Waals surface area contributed by atoms with Crippen LogP contribution in [0.5, 0.6) is 0 Å². The highest BCUT2D eigenvalue weighted by molar-refractivity contribution is 5.81. The van der Waals surface area contributed by atoms with Gasteiger partial charge in [-0.2, -0.15) is 4.98 Å². The van der Waals surface area contributed by atoms with Gasteiger partial charge in [-0.1, -0.05) is 37.3 Å². The van der Waals surface area contributed by atoms with Crippen LogP contribution in [0.1, 0.15) is 38.3 Å².